The van der Waals surface area contributed by atoms with E-state index < -0.39 is 5.97 Å². The summed E-state index contributed by atoms with van der Waals surface area (Å²) in [7, 11) is 0. The first-order chi connectivity index (χ1) is 12.8. The van der Waals surface area contributed by atoms with Crippen LogP contribution in [0.25, 0.3) is 21.3 Å². The predicted molar refractivity (Wildman–Crippen MR) is 110 cm³/mol. The Morgan fingerprint density at radius 1 is 1.30 bits per heavy atom. The molecule has 2 aromatic heterocycles. The lowest BCUT2D eigenvalue weighted by Crippen LogP contribution is -2.24. The number of hydrogen-bond donors (Lipinski definition) is 1. The molecule has 0 saturated heterocycles. The zero-order chi connectivity index (χ0) is 19.7. The van der Waals surface area contributed by atoms with Crippen molar-refractivity contribution in [2.75, 3.05) is 0 Å². The van der Waals surface area contributed by atoms with Gasteiger partial charge in [-0.2, -0.15) is 0 Å². The Morgan fingerprint density at radius 3 is 2.67 bits per heavy atom. The molecule has 27 heavy (non-hydrogen) atoms. The molecule has 0 aliphatic rings. The van der Waals surface area contributed by atoms with Gasteiger partial charge < -0.3 is 5.11 Å². The largest absolute Gasteiger partial charge is 0.481 e. The highest BCUT2D eigenvalue weighted by molar-refractivity contribution is 7.19. The molecular formula is C19H18Cl2N2O3S. The second kappa shape index (κ2) is 8.00. The maximum atomic E-state index is 13.2. The van der Waals surface area contributed by atoms with Crippen LogP contribution in [-0.2, 0) is 17.8 Å². The van der Waals surface area contributed by atoms with Crippen molar-refractivity contribution in [1.82, 2.24) is 9.55 Å². The maximum absolute atomic E-state index is 13.2. The molecule has 0 bridgehead atoms. The first kappa shape index (κ1) is 19.9. The molecule has 0 fully saturated rings. The van der Waals surface area contributed by atoms with Gasteiger partial charge in [-0.3, -0.25) is 14.2 Å². The SMILES string of the molecule is CCc1sc2nc(C)n(CCCC(=O)O)c(=O)c2c1-c1ccc(Cl)c(Cl)c1. The number of carboxylic acid groups (broad SMARTS) is 1. The highest BCUT2D eigenvalue weighted by Crippen LogP contribution is 2.38. The summed E-state index contributed by atoms with van der Waals surface area (Å²) in [5.74, 6) is -0.294. The summed E-state index contributed by atoms with van der Waals surface area (Å²) < 4.78 is 1.55. The van der Waals surface area contributed by atoms with Gasteiger partial charge >= 0.3 is 5.97 Å². The summed E-state index contributed by atoms with van der Waals surface area (Å²) in [4.78, 5) is 30.4. The number of thiophene rings is 1. The summed E-state index contributed by atoms with van der Waals surface area (Å²) in [5, 5.41) is 10.3. The molecule has 0 atom stereocenters. The van der Waals surface area contributed by atoms with E-state index in [2.05, 4.69) is 4.98 Å². The van der Waals surface area contributed by atoms with E-state index in [1.54, 1.807) is 23.6 Å². The number of aromatic nitrogens is 2. The Labute approximate surface area is 170 Å². The van der Waals surface area contributed by atoms with E-state index in [4.69, 9.17) is 28.3 Å². The first-order valence-corrected chi connectivity index (χ1v) is 10.1. The third-order valence-corrected chi connectivity index (χ3v) is 6.34. The Kier molecular flexibility index (Phi) is 5.89. The molecule has 1 aromatic carbocycles. The monoisotopic (exact) mass is 424 g/mol. The normalized spacial score (nSPS) is 11.3. The fraction of sp³-hybridized carbons (Fsp3) is 0.316. The van der Waals surface area contributed by atoms with Gasteiger partial charge in [0.15, 0.2) is 0 Å². The number of halogens is 2. The molecule has 0 aliphatic heterocycles. The molecular weight excluding hydrogens is 407 g/mol. The van der Waals surface area contributed by atoms with Gasteiger partial charge in [0, 0.05) is 23.4 Å². The minimum atomic E-state index is -0.880. The second-order valence-corrected chi connectivity index (χ2v) is 8.07. The lowest BCUT2D eigenvalue weighted by Gasteiger charge is -2.10. The highest BCUT2D eigenvalue weighted by Gasteiger charge is 2.20. The number of aliphatic carboxylic acids is 1. The van der Waals surface area contributed by atoms with Crippen LogP contribution in [0.3, 0.4) is 0 Å². The fourth-order valence-corrected chi connectivity index (χ4v) is 4.56. The van der Waals surface area contributed by atoms with Gasteiger partial charge in [-0.25, -0.2) is 4.98 Å². The van der Waals surface area contributed by atoms with Crippen LogP contribution in [0.15, 0.2) is 23.0 Å². The first-order valence-electron chi connectivity index (χ1n) is 8.53. The molecule has 3 aromatic rings. The molecule has 0 unspecified atom stereocenters. The number of rotatable bonds is 6. The van der Waals surface area contributed by atoms with Crippen molar-refractivity contribution in [3.05, 3.63) is 49.3 Å². The van der Waals surface area contributed by atoms with Crippen LogP contribution in [0, 0.1) is 6.92 Å². The smallest absolute Gasteiger partial charge is 0.303 e. The van der Waals surface area contributed by atoms with Crippen LogP contribution in [0.2, 0.25) is 10.0 Å². The lowest BCUT2D eigenvalue weighted by molar-refractivity contribution is -0.137. The minimum Gasteiger partial charge on any atom is -0.481 e. The quantitative estimate of drug-likeness (QED) is 0.592. The number of aryl methyl sites for hydroxylation is 2. The van der Waals surface area contributed by atoms with Crippen molar-refractivity contribution in [2.24, 2.45) is 0 Å². The van der Waals surface area contributed by atoms with E-state index in [1.165, 1.54) is 11.3 Å². The number of benzene rings is 1. The number of fused-ring (bicyclic) bond motifs is 1. The fourth-order valence-electron chi connectivity index (χ4n) is 3.09. The Balaban J connectivity index is 2.21. The topological polar surface area (TPSA) is 72.2 Å². The van der Waals surface area contributed by atoms with Gasteiger partial charge in [-0.15, -0.1) is 11.3 Å². The number of nitrogens with zero attached hydrogens (tertiary/aromatic N) is 2. The summed E-state index contributed by atoms with van der Waals surface area (Å²) in [5.41, 5.74) is 1.51. The summed E-state index contributed by atoms with van der Waals surface area (Å²) >= 11 is 13.7. The second-order valence-electron chi connectivity index (χ2n) is 6.18. The van der Waals surface area contributed by atoms with Crippen LogP contribution in [0.1, 0.15) is 30.5 Å². The van der Waals surface area contributed by atoms with E-state index in [1.807, 2.05) is 13.0 Å². The average Bonchev–Trinajstić information content (AvgIpc) is 2.98. The van der Waals surface area contributed by atoms with Gasteiger partial charge in [-0.05, 0) is 37.5 Å². The van der Waals surface area contributed by atoms with Gasteiger partial charge in [-0.1, -0.05) is 36.2 Å². The standard InChI is InChI=1S/C19H18Cl2N2O3S/c1-3-14-16(11-6-7-12(20)13(21)9-11)17-18(27-14)22-10(2)23(19(17)26)8-4-5-15(24)25/h6-7,9H,3-5,8H2,1-2H3,(H,24,25). The number of carbonyl (C=O) groups is 1. The van der Waals surface area contributed by atoms with E-state index in [0.29, 0.717) is 39.1 Å². The summed E-state index contributed by atoms with van der Waals surface area (Å²) in [6.45, 7) is 4.12. The molecule has 8 heteroatoms. The highest BCUT2D eigenvalue weighted by atomic mass is 35.5. The molecule has 0 radical (unpaired) electrons. The van der Waals surface area contributed by atoms with Gasteiger partial charge in [0.05, 0.1) is 15.4 Å². The molecule has 1 N–H and O–H groups in total. The van der Waals surface area contributed by atoms with Gasteiger partial charge in [0.1, 0.15) is 10.7 Å². The molecule has 5 nitrogen and oxygen atoms in total. The zero-order valence-electron chi connectivity index (χ0n) is 14.9. The molecule has 0 spiro atoms. The molecule has 0 saturated carbocycles. The van der Waals surface area contributed by atoms with E-state index in [0.717, 1.165) is 22.4 Å². The van der Waals surface area contributed by atoms with Crippen LogP contribution < -0.4 is 5.56 Å². The van der Waals surface area contributed by atoms with Crippen molar-refractivity contribution in [3.8, 4) is 11.1 Å². The Hall–Kier alpha value is -1.89. The van der Waals surface area contributed by atoms with Gasteiger partial charge in [0.2, 0.25) is 0 Å². The Morgan fingerprint density at radius 2 is 2.04 bits per heavy atom. The Bertz CT molecular complexity index is 1090. The summed E-state index contributed by atoms with van der Waals surface area (Å²) in [6.07, 6.45) is 1.14. The van der Waals surface area contributed by atoms with E-state index >= 15 is 0 Å². The number of carboxylic acids is 1. The van der Waals surface area contributed by atoms with Crippen LogP contribution >= 0.6 is 34.5 Å². The third kappa shape index (κ3) is 3.88. The zero-order valence-corrected chi connectivity index (χ0v) is 17.2. The third-order valence-electron chi connectivity index (χ3n) is 4.38. The molecule has 0 amide bonds. The molecule has 2 heterocycles. The van der Waals surface area contributed by atoms with Crippen LogP contribution in [-0.4, -0.2) is 20.6 Å². The minimum absolute atomic E-state index is 0.00735. The van der Waals surface area contributed by atoms with Crippen LogP contribution in [0.5, 0.6) is 0 Å². The maximum Gasteiger partial charge on any atom is 0.303 e. The average molecular weight is 425 g/mol. The molecule has 0 aliphatic carbocycles. The van der Waals surface area contributed by atoms with E-state index in [-0.39, 0.29) is 12.0 Å². The van der Waals surface area contributed by atoms with Crippen molar-refractivity contribution in [1.29, 1.82) is 0 Å². The van der Waals surface area contributed by atoms with E-state index in [9.17, 15) is 9.59 Å². The summed E-state index contributed by atoms with van der Waals surface area (Å²) in [6, 6.07) is 5.33. The number of hydrogen-bond acceptors (Lipinski definition) is 4. The van der Waals surface area contributed by atoms with Crippen molar-refractivity contribution in [2.45, 2.75) is 39.7 Å². The van der Waals surface area contributed by atoms with Crippen molar-refractivity contribution >= 4 is 50.7 Å². The lowest BCUT2D eigenvalue weighted by atomic mass is 10.0. The molecule has 142 valence electrons. The van der Waals surface area contributed by atoms with Crippen molar-refractivity contribution in [3.63, 3.8) is 0 Å². The van der Waals surface area contributed by atoms with Crippen LogP contribution in [0.4, 0.5) is 0 Å². The molecule has 3 rings (SSSR count). The van der Waals surface area contributed by atoms with Crippen molar-refractivity contribution < 1.29 is 9.90 Å². The predicted octanol–water partition coefficient (Wildman–Crippen LogP) is 5.17. The van der Waals surface area contributed by atoms with Gasteiger partial charge in [0.25, 0.3) is 5.56 Å².